The largest absolute Gasteiger partial charge is 0.388 e. The van der Waals surface area contributed by atoms with Gasteiger partial charge in [-0.3, -0.25) is 4.79 Å². The number of rotatable bonds is 5. The third-order valence-electron chi connectivity index (χ3n) is 6.64. The summed E-state index contributed by atoms with van der Waals surface area (Å²) in [6.45, 7) is 1.46. The molecule has 140 valence electrons. The molecule has 1 aromatic carbocycles. The maximum Gasteiger partial charge on any atom is 0.315 e. The molecule has 4 aliphatic carbocycles. The molecular formula is C21H28N2O3. The van der Waals surface area contributed by atoms with Crippen LogP contribution < -0.4 is 10.6 Å². The Bertz CT molecular complexity index is 662. The van der Waals surface area contributed by atoms with Gasteiger partial charge in [0.1, 0.15) is 6.61 Å². The van der Waals surface area contributed by atoms with Crippen LogP contribution in [-0.2, 0) is 0 Å². The van der Waals surface area contributed by atoms with Gasteiger partial charge in [0.15, 0.2) is 5.78 Å². The summed E-state index contributed by atoms with van der Waals surface area (Å²) in [4.78, 5) is 24.1. The normalized spacial score (nSPS) is 32.9. The van der Waals surface area contributed by atoms with Crippen LogP contribution in [0.25, 0.3) is 0 Å². The number of nitrogens with one attached hydrogen (secondary N) is 2. The van der Waals surface area contributed by atoms with E-state index in [0.29, 0.717) is 5.56 Å². The van der Waals surface area contributed by atoms with Gasteiger partial charge >= 0.3 is 6.03 Å². The number of carbonyl (C=O) groups excluding carboxylic acids is 2. The van der Waals surface area contributed by atoms with Crippen molar-refractivity contribution >= 4 is 11.8 Å². The van der Waals surface area contributed by atoms with Crippen LogP contribution in [0.15, 0.2) is 24.3 Å². The second-order valence-corrected chi connectivity index (χ2v) is 8.72. The van der Waals surface area contributed by atoms with E-state index >= 15 is 0 Å². The number of hydrogen-bond donors (Lipinski definition) is 3. The Morgan fingerprint density at radius 3 is 2.12 bits per heavy atom. The maximum atomic E-state index is 12.6. The van der Waals surface area contributed by atoms with Crippen molar-refractivity contribution in [2.75, 3.05) is 6.61 Å². The molecule has 5 rings (SSSR count). The molecule has 0 spiro atoms. The monoisotopic (exact) mass is 356 g/mol. The Kier molecular flexibility index (Phi) is 4.51. The van der Waals surface area contributed by atoms with Gasteiger partial charge in [-0.1, -0.05) is 24.3 Å². The summed E-state index contributed by atoms with van der Waals surface area (Å²) in [5.41, 5.74) is 1.44. The lowest BCUT2D eigenvalue weighted by atomic mass is 9.53. The number of benzene rings is 1. The Morgan fingerprint density at radius 2 is 1.62 bits per heavy atom. The van der Waals surface area contributed by atoms with E-state index in [9.17, 15) is 9.59 Å². The zero-order valence-electron chi connectivity index (χ0n) is 15.3. The van der Waals surface area contributed by atoms with Gasteiger partial charge < -0.3 is 15.7 Å². The van der Waals surface area contributed by atoms with Crippen LogP contribution in [0.1, 0.15) is 67.4 Å². The van der Waals surface area contributed by atoms with Crippen molar-refractivity contribution in [2.45, 2.75) is 57.0 Å². The number of carbonyl (C=O) groups is 2. The van der Waals surface area contributed by atoms with E-state index in [2.05, 4.69) is 10.6 Å². The van der Waals surface area contributed by atoms with Crippen molar-refractivity contribution < 1.29 is 14.7 Å². The second-order valence-electron chi connectivity index (χ2n) is 8.72. The number of urea groups is 1. The molecule has 1 atom stereocenters. The predicted molar refractivity (Wildman–Crippen MR) is 98.8 cm³/mol. The summed E-state index contributed by atoms with van der Waals surface area (Å²) in [5.74, 6) is 2.11. The van der Waals surface area contributed by atoms with Crippen LogP contribution in [0.5, 0.6) is 0 Å². The third kappa shape index (κ3) is 3.37. The van der Waals surface area contributed by atoms with Gasteiger partial charge in [0, 0.05) is 11.1 Å². The predicted octanol–water partition coefficient (Wildman–Crippen LogP) is 3.19. The highest BCUT2D eigenvalue weighted by Gasteiger charge is 2.51. The molecule has 2 amide bonds. The van der Waals surface area contributed by atoms with Crippen molar-refractivity contribution in [3.63, 3.8) is 0 Å². The van der Waals surface area contributed by atoms with Crippen LogP contribution in [0, 0.1) is 17.8 Å². The molecule has 0 aromatic heterocycles. The lowest BCUT2D eigenvalue weighted by molar-refractivity contribution is -0.0136. The topological polar surface area (TPSA) is 78.4 Å². The van der Waals surface area contributed by atoms with Crippen LogP contribution >= 0.6 is 0 Å². The number of hydrogen-bond acceptors (Lipinski definition) is 3. The quantitative estimate of drug-likeness (QED) is 0.709. The molecule has 0 aliphatic heterocycles. The summed E-state index contributed by atoms with van der Waals surface area (Å²) < 4.78 is 0. The lowest BCUT2D eigenvalue weighted by Gasteiger charge is -2.56. The molecule has 4 fully saturated rings. The number of amides is 2. The van der Waals surface area contributed by atoms with Crippen LogP contribution in [0.4, 0.5) is 4.79 Å². The Labute approximate surface area is 154 Å². The van der Waals surface area contributed by atoms with Gasteiger partial charge in [-0.05, 0) is 68.8 Å². The molecule has 4 saturated carbocycles. The molecule has 0 saturated heterocycles. The Balaban J connectivity index is 1.36. The highest BCUT2D eigenvalue weighted by Crippen LogP contribution is 2.55. The first kappa shape index (κ1) is 17.5. The first-order valence-electron chi connectivity index (χ1n) is 9.79. The van der Waals surface area contributed by atoms with E-state index in [1.807, 2.05) is 19.1 Å². The van der Waals surface area contributed by atoms with E-state index in [-0.39, 0.29) is 23.4 Å². The van der Waals surface area contributed by atoms with Crippen molar-refractivity contribution in [3.8, 4) is 0 Å². The van der Waals surface area contributed by atoms with E-state index in [0.717, 1.165) is 42.6 Å². The molecule has 0 heterocycles. The van der Waals surface area contributed by atoms with Gasteiger partial charge in [-0.25, -0.2) is 4.79 Å². The van der Waals surface area contributed by atoms with Crippen LogP contribution in [0.2, 0.25) is 0 Å². The van der Waals surface area contributed by atoms with Gasteiger partial charge in [0.05, 0.1) is 6.04 Å². The van der Waals surface area contributed by atoms with Crippen LogP contribution in [-0.4, -0.2) is 29.1 Å². The average molecular weight is 356 g/mol. The molecule has 0 unspecified atom stereocenters. The fraction of sp³-hybridized carbons (Fsp3) is 0.619. The minimum Gasteiger partial charge on any atom is -0.388 e. The Morgan fingerprint density at radius 1 is 1.08 bits per heavy atom. The van der Waals surface area contributed by atoms with Crippen LogP contribution in [0.3, 0.4) is 0 Å². The van der Waals surface area contributed by atoms with Crippen molar-refractivity contribution in [3.05, 3.63) is 35.4 Å². The highest BCUT2D eigenvalue weighted by atomic mass is 16.3. The fourth-order valence-electron chi connectivity index (χ4n) is 5.87. The van der Waals surface area contributed by atoms with E-state index in [1.54, 1.807) is 12.1 Å². The maximum absolute atomic E-state index is 12.6. The molecule has 3 N–H and O–H groups in total. The first-order chi connectivity index (χ1) is 12.5. The molecule has 5 heteroatoms. The zero-order chi connectivity index (χ0) is 18.3. The highest BCUT2D eigenvalue weighted by molar-refractivity contribution is 5.96. The fourth-order valence-corrected chi connectivity index (χ4v) is 5.87. The molecule has 4 aliphatic rings. The van der Waals surface area contributed by atoms with E-state index < -0.39 is 6.61 Å². The molecular weight excluding hydrogens is 328 g/mol. The number of aliphatic hydroxyl groups is 1. The summed E-state index contributed by atoms with van der Waals surface area (Å²) in [6.07, 6.45) is 7.49. The molecule has 4 bridgehead atoms. The summed E-state index contributed by atoms with van der Waals surface area (Å²) in [5, 5.41) is 15.3. The van der Waals surface area contributed by atoms with Crippen molar-refractivity contribution in [1.82, 2.24) is 10.6 Å². The molecule has 26 heavy (non-hydrogen) atoms. The first-order valence-corrected chi connectivity index (χ1v) is 9.79. The number of Topliss-reactive ketones (excluding diaryl/α,β-unsaturated/α-hetero) is 1. The number of aliphatic hydroxyl groups excluding tert-OH is 1. The SMILES string of the molecule is C[C@@H](NC(=O)NC12CC3CC(CC(C3)C1)C2)c1ccc(C(=O)CO)cc1. The van der Waals surface area contributed by atoms with E-state index in [1.165, 1.54) is 19.3 Å². The third-order valence-corrected chi connectivity index (χ3v) is 6.64. The van der Waals surface area contributed by atoms with Gasteiger partial charge in [-0.2, -0.15) is 0 Å². The minimum absolute atomic E-state index is 0.00988. The summed E-state index contributed by atoms with van der Waals surface area (Å²) in [7, 11) is 0. The smallest absolute Gasteiger partial charge is 0.315 e. The van der Waals surface area contributed by atoms with Gasteiger partial charge in [0.25, 0.3) is 0 Å². The zero-order valence-corrected chi connectivity index (χ0v) is 15.3. The summed E-state index contributed by atoms with van der Waals surface area (Å²) in [6, 6.07) is 6.83. The van der Waals surface area contributed by atoms with Crippen molar-refractivity contribution in [1.29, 1.82) is 0 Å². The van der Waals surface area contributed by atoms with E-state index in [4.69, 9.17) is 5.11 Å². The lowest BCUT2D eigenvalue weighted by Crippen LogP contribution is -2.61. The standard InChI is InChI=1S/C21H28N2O3/c1-13(17-2-4-18(5-3-17)19(25)12-24)22-20(26)23-21-9-14-6-15(10-21)8-16(7-14)11-21/h2-5,13-16,24H,6-12H2,1H3,(H2,22,23,26)/t13-,14?,15?,16?,21?/m1/s1. The molecule has 1 aromatic rings. The van der Waals surface area contributed by atoms with Gasteiger partial charge in [0.2, 0.25) is 0 Å². The van der Waals surface area contributed by atoms with Crippen molar-refractivity contribution in [2.24, 2.45) is 17.8 Å². The summed E-state index contributed by atoms with van der Waals surface area (Å²) >= 11 is 0. The average Bonchev–Trinajstić information content (AvgIpc) is 2.59. The second kappa shape index (κ2) is 6.69. The molecule has 0 radical (unpaired) electrons. The molecule has 5 nitrogen and oxygen atoms in total. The Hall–Kier alpha value is -1.88. The number of ketones is 1. The minimum atomic E-state index is -0.485. The van der Waals surface area contributed by atoms with Gasteiger partial charge in [-0.15, -0.1) is 0 Å².